The van der Waals surface area contributed by atoms with Gasteiger partial charge < -0.3 is 15.4 Å². The van der Waals surface area contributed by atoms with Crippen molar-refractivity contribution in [1.82, 2.24) is 20.4 Å². The highest BCUT2D eigenvalue weighted by Gasteiger charge is 2.15. The van der Waals surface area contributed by atoms with E-state index in [0.29, 0.717) is 31.8 Å². The minimum atomic E-state index is -0.0697. The number of carbonyl (C=O) groups is 1. The second-order valence-electron chi connectivity index (χ2n) is 5.50. The summed E-state index contributed by atoms with van der Waals surface area (Å²) >= 11 is 0. The predicted octanol–water partition coefficient (Wildman–Crippen LogP) is 1.88. The van der Waals surface area contributed by atoms with Crippen LogP contribution in [0.25, 0.3) is 0 Å². The van der Waals surface area contributed by atoms with E-state index in [4.69, 9.17) is 4.74 Å². The summed E-state index contributed by atoms with van der Waals surface area (Å²) in [4.78, 5) is 12.4. The molecule has 0 atom stereocenters. The third-order valence-electron chi connectivity index (χ3n) is 3.77. The lowest BCUT2D eigenvalue weighted by molar-refractivity contribution is 0.0952. The Morgan fingerprint density at radius 3 is 2.64 bits per heavy atom. The van der Waals surface area contributed by atoms with Crippen LogP contribution in [-0.4, -0.2) is 49.0 Å². The molecule has 2 rings (SSSR count). The fourth-order valence-corrected chi connectivity index (χ4v) is 2.52. The number of hydrogen-bond acceptors (Lipinski definition) is 4. The van der Waals surface area contributed by atoms with Crippen molar-refractivity contribution in [3.05, 3.63) is 53.3 Å². The number of nitrogens with one attached hydrogen (secondary N) is 2. The van der Waals surface area contributed by atoms with E-state index < -0.39 is 0 Å². The predicted molar refractivity (Wildman–Crippen MR) is 101 cm³/mol. The summed E-state index contributed by atoms with van der Waals surface area (Å²) in [6.45, 7) is 5.46. The number of hydrogen-bond donors (Lipinski definition) is 2. The summed E-state index contributed by atoms with van der Waals surface area (Å²) in [6, 6.07) is 10.1. The number of benzene rings is 1. The minimum absolute atomic E-state index is 0. The van der Waals surface area contributed by atoms with Gasteiger partial charge in [0.1, 0.15) is 0 Å². The fraction of sp³-hybridized carbons (Fsp3) is 0.444. The van der Waals surface area contributed by atoms with Crippen LogP contribution < -0.4 is 10.6 Å². The Balaban J connectivity index is 0.00000312. The van der Waals surface area contributed by atoms with Crippen LogP contribution in [0.4, 0.5) is 0 Å². The molecule has 1 heterocycles. The normalized spacial score (nSPS) is 10.3. The molecule has 0 saturated carbocycles. The van der Waals surface area contributed by atoms with Gasteiger partial charge in [-0.3, -0.25) is 9.48 Å². The minimum Gasteiger partial charge on any atom is -0.383 e. The van der Waals surface area contributed by atoms with E-state index in [9.17, 15) is 4.79 Å². The summed E-state index contributed by atoms with van der Waals surface area (Å²) in [6.07, 6.45) is 2.43. The molecular weight excluding hydrogens is 340 g/mol. The summed E-state index contributed by atoms with van der Waals surface area (Å²) in [5.74, 6) is -0.0697. The monoisotopic (exact) mass is 366 g/mol. The fourth-order valence-electron chi connectivity index (χ4n) is 2.52. The molecule has 6 nitrogen and oxygen atoms in total. The van der Waals surface area contributed by atoms with Crippen molar-refractivity contribution in [3.63, 3.8) is 0 Å². The van der Waals surface area contributed by atoms with Crippen LogP contribution in [0.2, 0.25) is 0 Å². The third-order valence-corrected chi connectivity index (χ3v) is 3.77. The third kappa shape index (κ3) is 6.49. The summed E-state index contributed by atoms with van der Waals surface area (Å²) in [5, 5.41) is 10.5. The second kappa shape index (κ2) is 11.6. The maximum absolute atomic E-state index is 12.4. The zero-order valence-electron chi connectivity index (χ0n) is 14.8. The van der Waals surface area contributed by atoms with Gasteiger partial charge in [0.25, 0.3) is 5.91 Å². The zero-order valence-corrected chi connectivity index (χ0v) is 15.6. The van der Waals surface area contributed by atoms with Crippen molar-refractivity contribution in [1.29, 1.82) is 0 Å². The first-order valence-electron chi connectivity index (χ1n) is 8.32. The van der Waals surface area contributed by atoms with Crippen molar-refractivity contribution in [2.75, 3.05) is 33.4 Å². The lowest BCUT2D eigenvalue weighted by atomic mass is 10.1. The molecule has 0 spiro atoms. The molecule has 1 aromatic carbocycles. The molecule has 1 amide bonds. The molecule has 2 aromatic rings. The lowest BCUT2D eigenvalue weighted by Crippen LogP contribution is -2.33. The summed E-state index contributed by atoms with van der Waals surface area (Å²) < 4.78 is 6.86. The van der Waals surface area contributed by atoms with Gasteiger partial charge in [0.05, 0.1) is 30.6 Å². The van der Waals surface area contributed by atoms with E-state index in [2.05, 4.69) is 27.9 Å². The Labute approximate surface area is 155 Å². The molecule has 0 fully saturated rings. The van der Waals surface area contributed by atoms with E-state index in [0.717, 1.165) is 18.7 Å². The van der Waals surface area contributed by atoms with E-state index in [1.807, 2.05) is 29.8 Å². The van der Waals surface area contributed by atoms with E-state index >= 15 is 0 Å². The van der Waals surface area contributed by atoms with Crippen molar-refractivity contribution < 1.29 is 9.53 Å². The van der Waals surface area contributed by atoms with Crippen molar-refractivity contribution >= 4 is 18.3 Å². The highest BCUT2D eigenvalue weighted by Crippen LogP contribution is 2.12. The van der Waals surface area contributed by atoms with Gasteiger partial charge in [0.2, 0.25) is 0 Å². The highest BCUT2D eigenvalue weighted by molar-refractivity contribution is 5.95. The maximum Gasteiger partial charge on any atom is 0.254 e. The quantitative estimate of drug-likeness (QED) is 0.630. The summed E-state index contributed by atoms with van der Waals surface area (Å²) in [5.41, 5.74) is 2.79. The lowest BCUT2D eigenvalue weighted by Gasteiger charge is -2.09. The van der Waals surface area contributed by atoms with Gasteiger partial charge in [-0.2, -0.15) is 5.10 Å². The first-order valence-corrected chi connectivity index (χ1v) is 8.32. The van der Waals surface area contributed by atoms with Crippen LogP contribution in [0.15, 0.2) is 36.5 Å². The average Bonchev–Trinajstić information content (AvgIpc) is 3.01. The first kappa shape index (κ1) is 21.2. The smallest absolute Gasteiger partial charge is 0.254 e. The van der Waals surface area contributed by atoms with Gasteiger partial charge in [-0.1, -0.05) is 37.3 Å². The molecule has 0 aliphatic carbocycles. The standard InChI is InChI=1S/C18H26N4O2.ClH/c1-3-17-16(18(23)20-10-9-19-11-12-24-2)13-21-22(17)14-15-7-5-4-6-8-15;/h4-8,13,19H,3,9-12,14H2,1-2H3,(H,20,23);1H. The van der Waals surface area contributed by atoms with Gasteiger partial charge in [0.15, 0.2) is 0 Å². The Bertz CT molecular complexity index is 631. The Morgan fingerprint density at radius 1 is 1.20 bits per heavy atom. The van der Waals surface area contributed by atoms with Crippen molar-refractivity contribution in [2.24, 2.45) is 0 Å². The Hall–Kier alpha value is -1.89. The maximum atomic E-state index is 12.4. The Morgan fingerprint density at radius 2 is 1.96 bits per heavy atom. The van der Waals surface area contributed by atoms with Crippen LogP contribution in [0.3, 0.4) is 0 Å². The zero-order chi connectivity index (χ0) is 17.2. The molecule has 25 heavy (non-hydrogen) atoms. The Kier molecular flexibility index (Phi) is 9.84. The summed E-state index contributed by atoms with van der Waals surface area (Å²) in [7, 11) is 1.67. The van der Waals surface area contributed by atoms with Gasteiger partial charge in [-0.25, -0.2) is 0 Å². The molecule has 0 aliphatic rings. The topological polar surface area (TPSA) is 68.2 Å². The van der Waals surface area contributed by atoms with Crippen LogP contribution in [0.1, 0.15) is 28.5 Å². The van der Waals surface area contributed by atoms with Crippen molar-refractivity contribution in [2.45, 2.75) is 19.9 Å². The van der Waals surface area contributed by atoms with E-state index in [1.54, 1.807) is 13.3 Å². The molecule has 0 bridgehead atoms. The SMILES string of the molecule is CCc1c(C(=O)NCCNCCOC)cnn1Cc1ccccc1.Cl. The van der Waals surface area contributed by atoms with E-state index in [-0.39, 0.29) is 18.3 Å². The van der Waals surface area contributed by atoms with Gasteiger partial charge in [-0.15, -0.1) is 12.4 Å². The molecule has 0 unspecified atom stereocenters. The van der Waals surface area contributed by atoms with E-state index in [1.165, 1.54) is 5.56 Å². The number of ether oxygens (including phenoxy) is 1. The highest BCUT2D eigenvalue weighted by atomic mass is 35.5. The molecule has 0 aliphatic heterocycles. The largest absolute Gasteiger partial charge is 0.383 e. The van der Waals surface area contributed by atoms with Gasteiger partial charge in [0, 0.05) is 26.7 Å². The van der Waals surface area contributed by atoms with Crippen LogP contribution in [-0.2, 0) is 17.7 Å². The molecule has 2 N–H and O–H groups in total. The van der Waals surface area contributed by atoms with Crippen LogP contribution in [0, 0.1) is 0 Å². The molecule has 138 valence electrons. The van der Waals surface area contributed by atoms with Crippen molar-refractivity contribution in [3.8, 4) is 0 Å². The number of halogens is 1. The van der Waals surface area contributed by atoms with Gasteiger partial charge in [-0.05, 0) is 12.0 Å². The molecule has 0 radical (unpaired) electrons. The number of aromatic nitrogens is 2. The number of nitrogens with zero attached hydrogens (tertiary/aromatic N) is 2. The number of methoxy groups -OCH3 is 1. The molecule has 1 aromatic heterocycles. The first-order chi connectivity index (χ1) is 11.8. The number of carbonyl (C=O) groups excluding carboxylic acids is 1. The molecule has 7 heteroatoms. The van der Waals surface area contributed by atoms with Gasteiger partial charge >= 0.3 is 0 Å². The molecular formula is C18H27ClN4O2. The number of rotatable bonds is 10. The number of amides is 1. The van der Waals surface area contributed by atoms with Crippen LogP contribution in [0.5, 0.6) is 0 Å². The average molecular weight is 367 g/mol. The second-order valence-corrected chi connectivity index (χ2v) is 5.50. The van der Waals surface area contributed by atoms with Crippen LogP contribution >= 0.6 is 12.4 Å². The molecule has 0 saturated heterocycles.